The molecule has 3 rings (SSSR count). The molecular weight excluding hydrogens is 451 g/mol. The van der Waals surface area contributed by atoms with E-state index in [1.807, 2.05) is 0 Å². The summed E-state index contributed by atoms with van der Waals surface area (Å²) in [5.41, 5.74) is 1.65. The summed E-state index contributed by atoms with van der Waals surface area (Å²) in [6.07, 6.45) is 4.00. The smallest absolute Gasteiger partial charge is 0.303 e. The Morgan fingerprint density at radius 2 is 1.76 bits per heavy atom. The van der Waals surface area contributed by atoms with Gasteiger partial charge in [0.2, 0.25) is 0 Å². The van der Waals surface area contributed by atoms with Crippen LogP contribution < -0.4 is 5.32 Å². The van der Waals surface area contributed by atoms with Crippen molar-refractivity contribution in [2.75, 3.05) is 5.32 Å². The van der Waals surface area contributed by atoms with Gasteiger partial charge in [-0.1, -0.05) is 12.5 Å². The van der Waals surface area contributed by atoms with E-state index in [-0.39, 0.29) is 34.5 Å². The molecule has 0 spiro atoms. The van der Waals surface area contributed by atoms with E-state index < -0.39 is 35.9 Å². The highest BCUT2D eigenvalue weighted by Gasteiger charge is 2.19. The van der Waals surface area contributed by atoms with E-state index in [1.165, 1.54) is 10.9 Å². The first kappa shape index (κ1) is 25.0. The van der Waals surface area contributed by atoms with Crippen LogP contribution in [0.2, 0.25) is 0 Å². The van der Waals surface area contributed by atoms with Crippen LogP contribution in [0.15, 0.2) is 36.5 Å². The van der Waals surface area contributed by atoms with Crippen molar-refractivity contribution in [3.8, 4) is 11.1 Å². The molecule has 0 radical (unpaired) electrons. The molecule has 0 aliphatic heterocycles. The molecule has 2 aromatic carbocycles. The monoisotopic (exact) mass is 475 g/mol. The zero-order valence-electron chi connectivity index (χ0n) is 18.4. The third-order valence-electron chi connectivity index (χ3n) is 5.28. The molecule has 0 aliphatic carbocycles. The van der Waals surface area contributed by atoms with Crippen molar-refractivity contribution in [1.82, 2.24) is 9.78 Å². The number of anilines is 1. The summed E-state index contributed by atoms with van der Waals surface area (Å²) in [5.74, 6) is -5.75. The molecule has 7 nitrogen and oxygen atoms in total. The van der Waals surface area contributed by atoms with E-state index in [9.17, 15) is 27.9 Å². The summed E-state index contributed by atoms with van der Waals surface area (Å²) in [5, 5.41) is 24.9. The van der Waals surface area contributed by atoms with Crippen LogP contribution >= 0.6 is 0 Å². The lowest BCUT2D eigenvalue weighted by atomic mass is 9.97. The second-order valence-corrected chi connectivity index (χ2v) is 7.86. The highest BCUT2D eigenvalue weighted by atomic mass is 19.2. The first-order valence-corrected chi connectivity index (χ1v) is 10.6. The maximum atomic E-state index is 14.0. The number of aromatic nitrogens is 2. The van der Waals surface area contributed by atoms with Crippen LogP contribution in [-0.2, 0) is 24.9 Å². The Morgan fingerprint density at radius 3 is 2.41 bits per heavy atom. The number of carboxylic acids is 1. The van der Waals surface area contributed by atoms with Crippen LogP contribution in [0.25, 0.3) is 11.1 Å². The number of carbonyl (C=O) groups excluding carboxylic acids is 1. The van der Waals surface area contributed by atoms with Crippen LogP contribution in [0.4, 0.5) is 18.9 Å². The Hall–Kier alpha value is -3.66. The van der Waals surface area contributed by atoms with Gasteiger partial charge in [-0.3, -0.25) is 14.3 Å². The molecule has 1 amide bonds. The van der Waals surface area contributed by atoms with Gasteiger partial charge in [0.15, 0.2) is 17.5 Å². The second kappa shape index (κ2) is 11.0. The van der Waals surface area contributed by atoms with E-state index in [1.54, 1.807) is 25.2 Å². The van der Waals surface area contributed by atoms with Crippen molar-refractivity contribution < 1.29 is 33.0 Å². The van der Waals surface area contributed by atoms with Crippen LogP contribution in [0.1, 0.15) is 47.3 Å². The summed E-state index contributed by atoms with van der Waals surface area (Å²) in [7, 11) is 1.59. The maximum absolute atomic E-state index is 14.0. The molecular formula is C24H24F3N3O4. The molecule has 0 aliphatic rings. The number of unbranched alkanes of at least 4 members (excludes halogenated alkanes) is 2. The largest absolute Gasteiger partial charge is 0.481 e. The number of benzene rings is 2. The molecule has 0 unspecified atom stereocenters. The summed E-state index contributed by atoms with van der Waals surface area (Å²) in [6.45, 7) is -0.453. The lowest BCUT2D eigenvalue weighted by Crippen LogP contribution is -2.14. The Balaban J connectivity index is 1.91. The summed E-state index contributed by atoms with van der Waals surface area (Å²) < 4.78 is 42.8. The van der Waals surface area contributed by atoms with E-state index in [0.29, 0.717) is 25.7 Å². The number of rotatable bonds is 10. The zero-order chi connectivity index (χ0) is 24.8. The number of aliphatic hydroxyl groups excluding tert-OH is 1. The average molecular weight is 475 g/mol. The number of hydrogen-bond acceptors (Lipinski definition) is 4. The first-order chi connectivity index (χ1) is 16.2. The highest BCUT2D eigenvalue weighted by Crippen LogP contribution is 2.32. The fraction of sp³-hybridized carbons (Fsp3) is 0.292. The summed E-state index contributed by atoms with van der Waals surface area (Å²) >= 11 is 0. The topological polar surface area (TPSA) is 104 Å². The minimum absolute atomic E-state index is 0.0352. The molecule has 0 bridgehead atoms. The van der Waals surface area contributed by atoms with Gasteiger partial charge in [0.25, 0.3) is 5.91 Å². The third-order valence-corrected chi connectivity index (χ3v) is 5.28. The van der Waals surface area contributed by atoms with Crippen LogP contribution in [0.3, 0.4) is 0 Å². The quantitative estimate of drug-likeness (QED) is 0.297. The van der Waals surface area contributed by atoms with Gasteiger partial charge in [0.05, 0.1) is 12.2 Å². The predicted molar refractivity (Wildman–Crippen MR) is 119 cm³/mol. The van der Waals surface area contributed by atoms with Crippen molar-refractivity contribution in [2.45, 2.75) is 38.7 Å². The molecule has 0 fully saturated rings. The van der Waals surface area contributed by atoms with Crippen molar-refractivity contribution in [3.05, 3.63) is 70.8 Å². The molecule has 1 aromatic heterocycles. The molecule has 0 saturated heterocycles. The molecule has 1 heterocycles. The standard InChI is InChI=1S/C24H24F3N3O4/c1-30-12-17(21(13-31)29-30)24(34)28-20-8-7-14(5-3-2-4-6-22(32)33)9-16(20)15-10-18(25)23(27)19(26)11-15/h7-12,31H,2-6,13H2,1H3,(H,28,34)(H,32,33). The van der Waals surface area contributed by atoms with E-state index in [2.05, 4.69) is 10.4 Å². The SMILES string of the molecule is Cn1cc(C(=O)Nc2ccc(CCCCCC(=O)O)cc2-c2cc(F)c(F)c(F)c2)c(CO)n1. The number of aliphatic hydroxyl groups is 1. The molecule has 0 saturated carbocycles. The predicted octanol–water partition coefficient (Wildman–Crippen LogP) is 4.44. The lowest BCUT2D eigenvalue weighted by Gasteiger charge is -2.14. The fourth-order valence-corrected chi connectivity index (χ4v) is 3.62. The number of nitrogens with one attached hydrogen (secondary N) is 1. The molecule has 3 aromatic rings. The van der Waals surface area contributed by atoms with Gasteiger partial charge < -0.3 is 15.5 Å². The average Bonchev–Trinajstić information content (AvgIpc) is 3.18. The number of carbonyl (C=O) groups is 2. The highest BCUT2D eigenvalue weighted by molar-refractivity contribution is 6.06. The van der Waals surface area contributed by atoms with E-state index in [0.717, 1.165) is 17.7 Å². The number of aryl methyl sites for hydroxylation is 2. The minimum Gasteiger partial charge on any atom is -0.481 e. The Labute approximate surface area is 193 Å². The van der Waals surface area contributed by atoms with Gasteiger partial charge in [-0.05, 0) is 54.7 Å². The fourth-order valence-electron chi connectivity index (χ4n) is 3.62. The van der Waals surface area contributed by atoms with Gasteiger partial charge in [-0.15, -0.1) is 0 Å². The Bertz CT molecular complexity index is 1190. The number of hydrogen-bond donors (Lipinski definition) is 3. The van der Waals surface area contributed by atoms with Crippen LogP contribution in [-0.4, -0.2) is 31.9 Å². The molecule has 0 atom stereocenters. The van der Waals surface area contributed by atoms with Crippen LogP contribution in [0, 0.1) is 17.5 Å². The van der Waals surface area contributed by atoms with Crippen molar-refractivity contribution in [1.29, 1.82) is 0 Å². The molecule has 180 valence electrons. The maximum Gasteiger partial charge on any atom is 0.303 e. The van der Waals surface area contributed by atoms with Gasteiger partial charge in [-0.25, -0.2) is 13.2 Å². The number of halogens is 3. The van der Waals surface area contributed by atoms with Gasteiger partial charge in [-0.2, -0.15) is 5.10 Å². The minimum atomic E-state index is -1.59. The Kier molecular flexibility index (Phi) is 8.06. The summed E-state index contributed by atoms with van der Waals surface area (Å²) in [4.78, 5) is 23.5. The van der Waals surface area contributed by atoms with Gasteiger partial charge in [0.1, 0.15) is 5.69 Å². The van der Waals surface area contributed by atoms with E-state index in [4.69, 9.17) is 5.11 Å². The van der Waals surface area contributed by atoms with Gasteiger partial charge in [0, 0.05) is 30.9 Å². The van der Waals surface area contributed by atoms with Gasteiger partial charge >= 0.3 is 5.97 Å². The van der Waals surface area contributed by atoms with E-state index >= 15 is 0 Å². The number of nitrogens with zero attached hydrogens (tertiary/aromatic N) is 2. The number of carboxylic acid groups (broad SMARTS) is 1. The molecule has 3 N–H and O–H groups in total. The number of amides is 1. The van der Waals surface area contributed by atoms with Crippen molar-refractivity contribution in [2.24, 2.45) is 7.05 Å². The summed E-state index contributed by atoms with van der Waals surface area (Å²) in [6, 6.07) is 6.67. The molecule has 34 heavy (non-hydrogen) atoms. The third kappa shape index (κ3) is 6.02. The zero-order valence-corrected chi connectivity index (χ0v) is 18.4. The van der Waals surface area contributed by atoms with Crippen molar-refractivity contribution >= 4 is 17.6 Å². The lowest BCUT2D eigenvalue weighted by molar-refractivity contribution is -0.137. The normalized spacial score (nSPS) is 11.0. The number of aliphatic carboxylic acids is 1. The van der Waals surface area contributed by atoms with Crippen LogP contribution in [0.5, 0.6) is 0 Å². The first-order valence-electron chi connectivity index (χ1n) is 10.6. The molecule has 10 heteroatoms. The second-order valence-electron chi connectivity index (χ2n) is 7.86. The van der Waals surface area contributed by atoms with Crippen molar-refractivity contribution in [3.63, 3.8) is 0 Å². The Morgan fingerprint density at radius 1 is 1.06 bits per heavy atom.